The quantitative estimate of drug-likeness (QED) is 0.761. The maximum atomic E-state index is 9.64. The van der Waals surface area contributed by atoms with Crippen LogP contribution < -0.4 is 5.73 Å². The Morgan fingerprint density at radius 3 is 2.54 bits per heavy atom. The van der Waals surface area contributed by atoms with Gasteiger partial charge in [-0.25, -0.2) is 0 Å². The molecule has 0 bridgehead atoms. The average molecular weight is 201 g/mol. The Labute approximate surface area is 81.8 Å². The highest BCUT2D eigenvalue weighted by Crippen LogP contribution is 2.25. The molecule has 5 heteroatoms. The van der Waals surface area contributed by atoms with Crippen LogP contribution in [0, 0.1) is 0 Å². The van der Waals surface area contributed by atoms with Crippen molar-refractivity contribution in [3.63, 3.8) is 0 Å². The summed E-state index contributed by atoms with van der Waals surface area (Å²) in [6.07, 6.45) is 0.857. The van der Waals surface area contributed by atoms with Crippen LogP contribution in [0.5, 0.6) is 0 Å². The van der Waals surface area contributed by atoms with Gasteiger partial charge in [0.15, 0.2) is 0 Å². The first-order chi connectivity index (χ1) is 5.95. The Bertz CT molecular complexity index is 279. The zero-order chi connectivity index (χ0) is 10.1. The van der Waals surface area contributed by atoms with Crippen LogP contribution in [0.15, 0.2) is 0 Å². The molecule has 0 spiro atoms. The number of nitrogens with two attached hydrogens (primary N) is 1. The Balaban J connectivity index is 2.83. The van der Waals surface area contributed by atoms with Gasteiger partial charge in [-0.3, -0.25) is 0 Å². The number of aryl methyl sites for hydroxylation is 1. The molecular formula is C8H15N3OS. The number of aromatic nitrogens is 2. The third-order valence-corrected chi connectivity index (χ3v) is 2.96. The second-order valence-corrected chi connectivity index (χ2v) is 4.61. The third kappa shape index (κ3) is 2.46. The Morgan fingerprint density at radius 2 is 2.15 bits per heavy atom. The van der Waals surface area contributed by atoms with Crippen molar-refractivity contribution < 1.29 is 5.11 Å². The maximum absolute atomic E-state index is 9.64. The smallest absolute Gasteiger partial charge is 0.137 e. The number of nitrogens with zero attached hydrogens (tertiary/aromatic N) is 2. The normalized spacial score (nSPS) is 14.5. The predicted octanol–water partition coefficient (Wildman–Crippen LogP) is 0.871. The van der Waals surface area contributed by atoms with E-state index in [-0.39, 0.29) is 0 Å². The second kappa shape index (κ2) is 3.69. The molecule has 0 aliphatic heterocycles. The van der Waals surface area contributed by atoms with E-state index in [9.17, 15) is 5.11 Å². The lowest BCUT2D eigenvalue weighted by Gasteiger charge is -2.22. The molecule has 0 amide bonds. The van der Waals surface area contributed by atoms with Gasteiger partial charge in [-0.2, -0.15) is 0 Å². The highest BCUT2D eigenvalue weighted by molar-refractivity contribution is 7.11. The third-order valence-electron chi connectivity index (χ3n) is 1.81. The van der Waals surface area contributed by atoms with Crippen LogP contribution in [-0.2, 0) is 6.42 Å². The topological polar surface area (TPSA) is 72.0 Å². The molecular weight excluding hydrogens is 186 g/mol. The SMILES string of the molecule is CCc1nnc(C(N)C(C)(C)O)s1. The zero-order valence-corrected chi connectivity index (χ0v) is 8.93. The Morgan fingerprint density at radius 1 is 1.54 bits per heavy atom. The van der Waals surface area contributed by atoms with Gasteiger partial charge in [-0.15, -0.1) is 10.2 Å². The summed E-state index contributed by atoms with van der Waals surface area (Å²) in [5.41, 5.74) is 4.86. The fourth-order valence-corrected chi connectivity index (χ4v) is 1.80. The summed E-state index contributed by atoms with van der Waals surface area (Å²) < 4.78 is 0. The molecule has 74 valence electrons. The molecule has 3 N–H and O–H groups in total. The molecule has 0 radical (unpaired) electrons. The molecule has 0 aromatic carbocycles. The first kappa shape index (κ1) is 10.6. The highest BCUT2D eigenvalue weighted by Gasteiger charge is 2.27. The number of rotatable bonds is 3. The molecule has 1 unspecified atom stereocenters. The van der Waals surface area contributed by atoms with Crippen LogP contribution in [0.1, 0.15) is 36.8 Å². The molecule has 0 saturated carbocycles. The molecule has 1 aromatic rings. The second-order valence-electron chi connectivity index (χ2n) is 3.52. The van der Waals surface area contributed by atoms with E-state index in [1.54, 1.807) is 13.8 Å². The Kier molecular flexibility index (Phi) is 3.00. The summed E-state index contributed by atoms with van der Waals surface area (Å²) in [4.78, 5) is 0. The lowest BCUT2D eigenvalue weighted by molar-refractivity contribution is 0.0514. The minimum Gasteiger partial charge on any atom is -0.388 e. The van der Waals surface area contributed by atoms with E-state index < -0.39 is 11.6 Å². The van der Waals surface area contributed by atoms with Crippen molar-refractivity contribution in [2.75, 3.05) is 0 Å². The summed E-state index contributed by atoms with van der Waals surface area (Å²) >= 11 is 1.46. The first-order valence-electron chi connectivity index (χ1n) is 4.25. The van der Waals surface area contributed by atoms with Crippen molar-refractivity contribution in [3.8, 4) is 0 Å². The minimum absolute atomic E-state index is 0.453. The number of aliphatic hydroxyl groups is 1. The van der Waals surface area contributed by atoms with E-state index in [1.807, 2.05) is 6.92 Å². The summed E-state index contributed by atoms with van der Waals surface area (Å²) in [6.45, 7) is 5.36. The molecule has 1 aromatic heterocycles. The molecule has 0 aliphatic rings. The summed E-state index contributed by atoms with van der Waals surface area (Å²) in [7, 11) is 0. The van der Waals surface area contributed by atoms with Crippen LogP contribution in [0.2, 0.25) is 0 Å². The van der Waals surface area contributed by atoms with Gasteiger partial charge in [0.25, 0.3) is 0 Å². The van der Waals surface area contributed by atoms with E-state index in [1.165, 1.54) is 11.3 Å². The summed E-state index contributed by atoms with van der Waals surface area (Å²) in [6, 6.07) is -0.453. The van der Waals surface area contributed by atoms with Crippen molar-refractivity contribution in [3.05, 3.63) is 10.0 Å². The minimum atomic E-state index is -0.940. The Hall–Kier alpha value is -0.520. The van der Waals surface area contributed by atoms with E-state index >= 15 is 0 Å². The monoisotopic (exact) mass is 201 g/mol. The fourth-order valence-electron chi connectivity index (χ4n) is 0.837. The van der Waals surface area contributed by atoms with Gasteiger partial charge in [-0.05, 0) is 20.3 Å². The molecule has 1 heterocycles. The number of hydrogen-bond donors (Lipinski definition) is 2. The van der Waals surface area contributed by atoms with Crippen molar-refractivity contribution in [2.24, 2.45) is 5.73 Å². The standard InChI is InChI=1S/C8H15N3OS/c1-4-5-10-11-7(13-5)6(9)8(2,3)12/h6,12H,4,9H2,1-3H3. The van der Waals surface area contributed by atoms with Crippen LogP contribution in [0.25, 0.3) is 0 Å². The van der Waals surface area contributed by atoms with Crippen molar-refractivity contribution in [1.82, 2.24) is 10.2 Å². The lowest BCUT2D eigenvalue weighted by atomic mass is 10.0. The van der Waals surface area contributed by atoms with Crippen LogP contribution >= 0.6 is 11.3 Å². The predicted molar refractivity (Wildman–Crippen MR) is 52.5 cm³/mol. The molecule has 1 rings (SSSR count). The molecule has 13 heavy (non-hydrogen) atoms. The van der Waals surface area contributed by atoms with Gasteiger partial charge in [0.1, 0.15) is 10.0 Å². The molecule has 4 nitrogen and oxygen atoms in total. The molecule has 0 saturated heterocycles. The molecule has 0 aliphatic carbocycles. The number of hydrogen-bond acceptors (Lipinski definition) is 5. The fraction of sp³-hybridized carbons (Fsp3) is 0.750. The van der Waals surface area contributed by atoms with Gasteiger partial charge < -0.3 is 10.8 Å². The van der Waals surface area contributed by atoms with Crippen LogP contribution in [-0.4, -0.2) is 20.9 Å². The first-order valence-corrected chi connectivity index (χ1v) is 5.07. The van der Waals surface area contributed by atoms with E-state index in [0.717, 1.165) is 11.4 Å². The zero-order valence-electron chi connectivity index (χ0n) is 8.11. The van der Waals surface area contributed by atoms with Crippen molar-refractivity contribution in [1.29, 1.82) is 0 Å². The van der Waals surface area contributed by atoms with Crippen LogP contribution in [0.3, 0.4) is 0 Å². The van der Waals surface area contributed by atoms with Gasteiger partial charge >= 0.3 is 0 Å². The van der Waals surface area contributed by atoms with Gasteiger partial charge in [-0.1, -0.05) is 18.3 Å². The summed E-state index contributed by atoms with van der Waals surface area (Å²) in [5.74, 6) is 0. The van der Waals surface area contributed by atoms with Gasteiger partial charge in [0.2, 0.25) is 0 Å². The largest absolute Gasteiger partial charge is 0.388 e. The van der Waals surface area contributed by atoms with E-state index in [2.05, 4.69) is 10.2 Å². The van der Waals surface area contributed by atoms with Crippen LogP contribution in [0.4, 0.5) is 0 Å². The van der Waals surface area contributed by atoms with E-state index in [0.29, 0.717) is 5.01 Å². The van der Waals surface area contributed by atoms with E-state index in [4.69, 9.17) is 5.73 Å². The maximum Gasteiger partial charge on any atom is 0.137 e. The average Bonchev–Trinajstić information content (AvgIpc) is 2.48. The lowest BCUT2D eigenvalue weighted by Crippen LogP contribution is -2.34. The highest BCUT2D eigenvalue weighted by atomic mass is 32.1. The van der Waals surface area contributed by atoms with Crippen molar-refractivity contribution in [2.45, 2.75) is 38.8 Å². The van der Waals surface area contributed by atoms with Gasteiger partial charge in [0.05, 0.1) is 11.6 Å². The van der Waals surface area contributed by atoms with Gasteiger partial charge in [0, 0.05) is 0 Å². The molecule has 0 fully saturated rings. The van der Waals surface area contributed by atoms with Crippen molar-refractivity contribution >= 4 is 11.3 Å². The summed E-state index contributed by atoms with van der Waals surface area (Å²) in [5, 5.41) is 19.2. The molecule has 1 atom stereocenters.